The van der Waals surface area contributed by atoms with Gasteiger partial charge in [0.1, 0.15) is 0 Å². The molecule has 0 unspecified atom stereocenters. The highest BCUT2D eigenvalue weighted by Crippen LogP contribution is 2.43. The Hall–Kier alpha value is -0.653. The topological polar surface area (TPSA) is 43.4 Å². The molecule has 0 N–H and O–H groups in total. The van der Waals surface area contributed by atoms with Crippen LogP contribution < -0.4 is 0 Å². The maximum atomic E-state index is 12.1. The second-order valence-electron chi connectivity index (χ2n) is 6.52. The zero-order chi connectivity index (χ0) is 14.3. The third-order valence-corrected chi connectivity index (χ3v) is 8.19. The molecule has 0 heterocycles. The van der Waals surface area contributed by atoms with Crippen molar-refractivity contribution < 1.29 is 12.6 Å². The molecule has 2 rings (SSSR count). The molecule has 1 fully saturated rings. The van der Waals surface area contributed by atoms with E-state index in [1.165, 1.54) is 0 Å². The van der Waals surface area contributed by atoms with E-state index in [1.54, 1.807) is 24.3 Å². The van der Waals surface area contributed by atoms with Crippen molar-refractivity contribution in [3.63, 3.8) is 0 Å². The summed E-state index contributed by atoms with van der Waals surface area (Å²) in [5.41, 5.74) is 1.73. The normalized spacial score (nSPS) is 24.0. The molecule has 3 nitrogen and oxygen atoms in total. The number of aryl methyl sites for hydroxylation is 1. The molecule has 0 spiro atoms. The van der Waals surface area contributed by atoms with E-state index in [2.05, 4.69) is 19.6 Å². The van der Waals surface area contributed by atoms with Gasteiger partial charge in [-0.25, -0.2) is 0 Å². The van der Waals surface area contributed by atoms with E-state index in [9.17, 15) is 8.42 Å². The van der Waals surface area contributed by atoms with Crippen molar-refractivity contribution in [1.29, 1.82) is 0 Å². The van der Waals surface area contributed by atoms with Crippen molar-refractivity contribution in [3.05, 3.63) is 29.8 Å². The van der Waals surface area contributed by atoms with Gasteiger partial charge in [0, 0.05) is 8.07 Å². The van der Waals surface area contributed by atoms with Gasteiger partial charge in [0.15, 0.2) is 0 Å². The Morgan fingerprint density at radius 1 is 1.11 bits per heavy atom. The molecule has 0 atom stereocenters. The third kappa shape index (κ3) is 3.46. The van der Waals surface area contributed by atoms with Crippen LogP contribution in [0.3, 0.4) is 0 Å². The SMILES string of the molecule is Cc1ccc(S(=O)(=O)OC2CC([Si](C)(C)C)C2)cc1. The summed E-state index contributed by atoms with van der Waals surface area (Å²) in [7, 11) is -4.74. The van der Waals surface area contributed by atoms with Crippen molar-refractivity contribution in [2.45, 2.75) is 55.9 Å². The second kappa shape index (κ2) is 5.03. The first-order chi connectivity index (χ1) is 8.68. The van der Waals surface area contributed by atoms with E-state index in [1.807, 2.05) is 6.92 Å². The Balaban J connectivity index is 1.99. The predicted octanol–water partition coefficient (Wildman–Crippen LogP) is 3.57. The lowest BCUT2D eigenvalue weighted by Gasteiger charge is -2.41. The fourth-order valence-corrected chi connectivity index (χ4v) is 5.33. The summed E-state index contributed by atoms with van der Waals surface area (Å²) < 4.78 is 29.5. The molecule has 0 radical (unpaired) electrons. The Bertz CT molecular complexity index is 537. The zero-order valence-corrected chi connectivity index (χ0v) is 13.8. The van der Waals surface area contributed by atoms with Crippen molar-refractivity contribution in [3.8, 4) is 0 Å². The molecule has 1 aliphatic carbocycles. The number of rotatable bonds is 4. The van der Waals surface area contributed by atoms with Crippen LogP contribution in [0.1, 0.15) is 18.4 Å². The molecule has 5 heteroatoms. The van der Waals surface area contributed by atoms with Gasteiger partial charge in [-0.2, -0.15) is 8.42 Å². The Labute approximate surface area is 117 Å². The third-order valence-electron chi connectivity index (χ3n) is 3.89. The van der Waals surface area contributed by atoms with Crippen LogP contribution in [-0.2, 0) is 14.3 Å². The van der Waals surface area contributed by atoms with E-state index in [4.69, 9.17) is 4.18 Å². The van der Waals surface area contributed by atoms with Gasteiger partial charge in [-0.1, -0.05) is 37.3 Å². The summed E-state index contributed by atoms with van der Waals surface area (Å²) in [4.78, 5) is 0.259. The Kier molecular flexibility index (Phi) is 3.91. The van der Waals surface area contributed by atoms with Gasteiger partial charge < -0.3 is 0 Å². The first-order valence-corrected chi connectivity index (χ1v) is 11.7. The molecule has 0 bridgehead atoms. The summed E-state index contributed by atoms with van der Waals surface area (Å²) in [6.45, 7) is 8.90. The van der Waals surface area contributed by atoms with Crippen LogP contribution in [0.15, 0.2) is 29.2 Å². The van der Waals surface area contributed by atoms with E-state index in [-0.39, 0.29) is 11.0 Å². The fourth-order valence-electron chi connectivity index (χ4n) is 2.29. The van der Waals surface area contributed by atoms with Crippen LogP contribution in [0.25, 0.3) is 0 Å². The fraction of sp³-hybridized carbons (Fsp3) is 0.571. The van der Waals surface area contributed by atoms with Gasteiger partial charge in [-0.15, -0.1) is 0 Å². The number of hydrogen-bond donors (Lipinski definition) is 0. The molecule has 0 saturated heterocycles. The molecule has 1 aromatic carbocycles. The van der Waals surface area contributed by atoms with Gasteiger partial charge in [0.25, 0.3) is 10.1 Å². The molecule has 106 valence electrons. The van der Waals surface area contributed by atoms with Crippen LogP contribution >= 0.6 is 0 Å². The Morgan fingerprint density at radius 2 is 1.63 bits per heavy atom. The largest absolute Gasteiger partial charge is 0.297 e. The lowest BCUT2D eigenvalue weighted by atomic mass is 9.95. The number of benzene rings is 1. The molecule has 1 aromatic rings. The first kappa shape index (κ1) is 14.7. The maximum absolute atomic E-state index is 12.1. The van der Waals surface area contributed by atoms with Crippen molar-refractivity contribution in [2.24, 2.45) is 0 Å². The van der Waals surface area contributed by atoms with E-state index < -0.39 is 18.2 Å². The number of hydrogen-bond acceptors (Lipinski definition) is 3. The van der Waals surface area contributed by atoms with E-state index in [0.29, 0.717) is 5.54 Å². The molecular weight excluding hydrogens is 276 g/mol. The summed E-state index contributed by atoms with van der Waals surface area (Å²) in [6, 6.07) is 6.81. The lowest BCUT2D eigenvalue weighted by Crippen LogP contribution is -2.42. The van der Waals surface area contributed by atoms with E-state index >= 15 is 0 Å². The van der Waals surface area contributed by atoms with Crippen LogP contribution in [0.2, 0.25) is 25.2 Å². The monoisotopic (exact) mass is 298 g/mol. The average molecular weight is 298 g/mol. The molecule has 0 aromatic heterocycles. The van der Waals surface area contributed by atoms with Crippen LogP contribution in [-0.4, -0.2) is 22.6 Å². The van der Waals surface area contributed by atoms with Crippen molar-refractivity contribution in [2.75, 3.05) is 0 Å². The molecule has 1 saturated carbocycles. The average Bonchev–Trinajstić information content (AvgIpc) is 2.22. The van der Waals surface area contributed by atoms with Gasteiger partial charge >= 0.3 is 0 Å². The molecule has 1 aliphatic rings. The minimum absolute atomic E-state index is 0.122. The van der Waals surface area contributed by atoms with Crippen molar-refractivity contribution in [1.82, 2.24) is 0 Å². The minimum Gasteiger partial charge on any atom is -0.263 e. The second-order valence-corrected chi connectivity index (χ2v) is 13.6. The molecule has 0 aliphatic heterocycles. The summed E-state index contributed by atoms with van der Waals surface area (Å²) >= 11 is 0. The maximum Gasteiger partial charge on any atom is 0.297 e. The summed E-state index contributed by atoms with van der Waals surface area (Å²) in [6.07, 6.45) is 1.66. The van der Waals surface area contributed by atoms with Gasteiger partial charge in [0.2, 0.25) is 0 Å². The minimum atomic E-state index is -3.59. The van der Waals surface area contributed by atoms with Crippen LogP contribution in [0, 0.1) is 6.92 Å². The highest BCUT2D eigenvalue weighted by molar-refractivity contribution is 7.86. The van der Waals surface area contributed by atoms with Crippen LogP contribution in [0.4, 0.5) is 0 Å². The van der Waals surface area contributed by atoms with Crippen LogP contribution in [0.5, 0.6) is 0 Å². The Morgan fingerprint density at radius 3 is 2.11 bits per heavy atom. The summed E-state index contributed by atoms with van der Waals surface area (Å²) in [5, 5.41) is 0. The van der Waals surface area contributed by atoms with Gasteiger partial charge in [0.05, 0.1) is 11.0 Å². The zero-order valence-electron chi connectivity index (χ0n) is 12.0. The predicted molar refractivity (Wildman–Crippen MR) is 79.6 cm³/mol. The quantitative estimate of drug-likeness (QED) is 0.630. The van der Waals surface area contributed by atoms with Crippen molar-refractivity contribution >= 4 is 18.2 Å². The smallest absolute Gasteiger partial charge is 0.263 e. The van der Waals surface area contributed by atoms with Gasteiger partial charge in [-0.05, 0) is 37.4 Å². The molecule has 19 heavy (non-hydrogen) atoms. The van der Waals surface area contributed by atoms with E-state index in [0.717, 1.165) is 18.4 Å². The highest BCUT2D eigenvalue weighted by atomic mass is 32.2. The first-order valence-electron chi connectivity index (χ1n) is 6.68. The van der Waals surface area contributed by atoms with Gasteiger partial charge in [-0.3, -0.25) is 4.18 Å². The lowest BCUT2D eigenvalue weighted by molar-refractivity contribution is 0.125. The molecule has 0 amide bonds. The highest BCUT2D eigenvalue weighted by Gasteiger charge is 2.41. The summed E-state index contributed by atoms with van der Waals surface area (Å²) in [5.74, 6) is 0. The molecular formula is C14H22O3SSi. The standard InChI is InChI=1S/C14H22O3SSi/c1-11-5-7-13(8-6-11)18(15,16)17-12-9-14(10-12)19(2,3)4/h5-8,12,14H,9-10H2,1-4H3.